The summed E-state index contributed by atoms with van der Waals surface area (Å²) in [6.07, 6.45) is 9.24. The Kier molecular flexibility index (Phi) is 1.91. The van der Waals surface area contributed by atoms with Crippen LogP contribution in [0.1, 0.15) is 24.0 Å². The van der Waals surface area contributed by atoms with Crippen molar-refractivity contribution >= 4 is 11.8 Å². The number of rotatable bonds is 0. The second-order valence-electron chi connectivity index (χ2n) is 4.41. The van der Waals surface area contributed by atoms with Gasteiger partial charge in [-0.15, -0.1) is 0 Å². The van der Waals surface area contributed by atoms with Crippen molar-refractivity contribution in [2.24, 2.45) is 0 Å². The lowest BCUT2D eigenvalue weighted by Crippen LogP contribution is -2.26. The molecule has 1 aromatic rings. The fourth-order valence-electron chi connectivity index (χ4n) is 2.36. The highest BCUT2D eigenvalue weighted by Crippen LogP contribution is 2.32. The van der Waals surface area contributed by atoms with Crippen LogP contribution in [-0.4, -0.2) is 6.04 Å². The zero-order chi connectivity index (χ0) is 10.3. The Morgan fingerprint density at radius 1 is 1.33 bits per heavy atom. The predicted octanol–water partition coefficient (Wildman–Crippen LogP) is 3.52. The highest BCUT2D eigenvalue weighted by molar-refractivity contribution is 5.75. The van der Waals surface area contributed by atoms with Crippen molar-refractivity contribution in [2.75, 3.05) is 5.32 Å². The third kappa shape index (κ3) is 1.48. The number of allylic oxidation sites excluding steroid dienone is 1. The summed E-state index contributed by atoms with van der Waals surface area (Å²) in [7, 11) is 0. The summed E-state index contributed by atoms with van der Waals surface area (Å²) in [4.78, 5) is 0. The first-order valence-corrected chi connectivity index (χ1v) is 5.58. The maximum atomic E-state index is 3.62. The first-order valence-electron chi connectivity index (χ1n) is 5.58. The van der Waals surface area contributed by atoms with Gasteiger partial charge in [0.25, 0.3) is 0 Å². The fraction of sp³-hybridized carbons (Fsp3) is 0.286. The van der Waals surface area contributed by atoms with E-state index in [1.165, 1.54) is 35.2 Å². The zero-order valence-corrected chi connectivity index (χ0v) is 8.96. The molecule has 0 fully saturated rings. The van der Waals surface area contributed by atoms with Gasteiger partial charge < -0.3 is 5.32 Å². The van der Waals surface area contributed by atoms with Gasteiger partial charge in [-0.2, -0.15) is 0 Å². The summed E-state index contributed by atoms with van der Waals surface area (Å²) in [5, 5.41) is 3.62. The third-order valence-electron chi connectivity index (χ3n) is 3.20. The highest BCUT2D eigenvalue weighted by atomic mass is 14.9. The van der Waals surface area contributed by atoms with Gasteiger partial charge in [0, 0.05) is 5.69 Å². The molecule has 0 bridgehead atoms. The molecule has 1 heterocycles. The summed E-state index contributed by atoms with van der Waals surface area (Å²) >= 11 is 0. The van der Waals surface area contributed by atoms with Gasteiger partial charge >= 0.3 is 0 Å². The molecular formula is C14H15N. The molecule has 1 aromatic carbocycles. The van der Waals surface area contributed by atoms with E-state index in [9.17, 15) is 0 Å². The number of benzene rings is 1. The van der Waals surface area contributed by atoms with Crippen LogP contribution in [0, 0.1) is 6.92 Å². The van der Waals surface area contributed by atoms with Crippen LogP contribution in [0.3, 0.4) is 0 Å². The molecule has 0 radical (unpaired) electrons. The molecule has 2 aliphatic rings. The number of nitrogens with one attached hydrogen (secondary N) is 1. The van der Waals surface area contributed by atoms with Crippen molar-refractivity contribution in [1.82, 2.24) is 0 Å². The lowest BCUT2D eigenvalue weighted by atomic mass is 9.90. The Bertz CT molecular complexity index is 454. The number of hydrogen-bond donors (Lipinski definition) is 1. The molecule has 1 N–H and O–H groups in total. The largest absolute Gasteiger partial charge is 0.378 e. The minimum Gasteiger partial charge on any atom is -0.378 e. The van der Waals surface area contributed by atoms with E-state index in [-0.39, 0.29) is 0 Å². The molecule has 1 aliphatic heterocycles. The van der Waals surface area contributed by atoms with Crippen LogP contribution >= 0.6 is 0 Å². The SMILES string of the molecule is Cc1ccc2c(c1)N[C@@H]1CCC=CC1=C2. The van der Waals surface area contributed by atoms with Crippen molar-refractivity contribution in [3.8, 4) is 0 Å². The standard InChI is InChI=1S/C14H15N/c1-10-6-7-12-9-11-4-2-3-5-13(11)15-14(12)8-10/h2,4,6-9,13,15H,3,5H2,1H3/t13-/m1/s1. The Morgan fingerprint density at radius 3 is 3.20 bits per heavy atom. The van der Waals surface area contributed by atoms with Crippen LogP contribution in [0.15, 0.2) is 35.9 Å². The molecule has 1 atom stereocenters. The van der Waals surface area contributed by atoms with Gasteiger partial charge in [-0.05, 0) is 48.6 Å². The lowest BCUT2D eigenvalue weighted by molar-refractivity contribution is 0.732. The Morgan fingerprint density at radius 2 is 2.27 bits per heavy atom. The van der Waals surface area contributed by atoms with E-state index in [4.69, 9.17) is 0 Å². The first kappa shape index (κ1) is 8.78. The highest BCUT2D eigenvalue weighted by Gasteiger charge is 2.20. The smallest absolute Gasteiger partial charge is 0.0517 e. The monoisotopic (exact) mass is 197 g/mol. The topological polar surface area (TPSA) is 12.0 Å². The van der Waals surface area contributed by atoms with Gasteiger partial charge in [0.1, 0.15) is 0 Å². The Hall–Kier alpha value is -1.50. The van der Waals surface area contributed by atoms with E-state index in [0.717, 1.165) is 0 Å². The average Bonchev–Trinajstić information content (AvgIpc) is 2.26. The van der Waals surface area contributed by atoms with Gasteiger partial charge in [0.2, 0.25) is 0 Å². The van der Waals surface area contributed by atoms with Gasteiger partial charge in [-0.3, -0.25) is 0 Å². The molecule has 0 amide bonds. The minimum atomic E-state index is 0.532. The van der Waals surface area contributed by atoms with Gasteiger partial charge in [0.15, 0.2) is 0 Å². The average molecular weight is 197 g/mol. The molecule has 3 rings (SSSR count). The van der Waals surface area contributed by atoms with Crippen LogP contribution < -0.4 is 5.32 Å². The first-order chi connectivity index (χ1) is 7.33. The second kappa shape index (κ2) is 3.27. The Labute approximate surface area is 90.5 Å². The van der Waals surface area contributed by atoms with Crippen LogP contribution in [0.4, 0.5) is 5.69 Å². The molecule has 1 heteroatoms. The molecule has 0 aromatic heterocycles. The van der Waals surface area contributed by atoms with E-state index in [1.54, 1.807) is 0 Å². The Balaban J connectivity index is 2.09. The zero-order valence-electron chi connectivity index (χ0n) is 8.96. The summed E-state index contributed by atoms with van der Waals surface area (Å²) in [6.45, 7) is 2.14. The van der Waals surface area contributed by atoms with Crippen molar-refractivity contribution in [2.45, 2.75) is 25.8 Å². The summed E-state index contributed by atoms with van der Waals surface area (Å²) < 4.78 is 0. The van der Waals surface area contributed by atoms with Gasteiger partial charge in [0.05, 0.1) is 6.04 Å². The van der Waals surface area contributed by atoms with E-state index in [0.29, 0.717) is 6.04 Å². The van der Waals surface area contributed by atoms with Crippen molar-refractivity contribution in [3.63, 3.8) is 0 Å². The van der Waals surface area contributed by atoms with Crippen LogP contribution in [0.5, 0.6) is 0 Å². The number of hydrogen-bond acceptors (Lipinski definition) is 1. The maximum Gasteiger partial charge on any atom is 0.0517 e. The summed E-state index contributed by atoms with van der Waals surface area (Å²) in [6, 6.07) is 7.14. The third-order valence-corrected chi connectivity index (χ3v) is 3.20. The van der Waals surface area contributed by atoms with Crippen molar-refractivity contribution in [3.05, 3.63) is 47.1 Å². The molecule has 0 unspecified atom stereocenters. The van der Waals surface area contributed by atoms with Gasteiger partial charge in [-0.1, -0.05) is 24.3 Å². The van der Waals surface area contributed by atoms with E-state index < -0.39 is 0 Å². The molecule has 15 heavy (non-hydrogen) atoms. The summed E-state index contributed by atoms with van der Waals surface area (Å²) in [5.74, 6) is 0. The number of aryl methyl sites for hydroxylation is 1. The number of fused-ring (bicyclic) bond motifs is 2. The van der Waals surface area contributed by atoms with Crippen LogP contribution in [-0.2, 0) is 0 Å². The van der Waals surface area contributed by atoms with E-state index >= 15 is 0 Å². The number of anilines is 1. The quantitative estimate of drug-likeness (QED) is 0.671. The van der Waals surface area contributed by atoms with Crippen LogP contribution in [0.2, 0.25) is 0 Å². The molecule has 0 saturated carbocycles. The van der Waals surface area contributed by atoms with Crippen LogP contribution in [0.25, 0.3) is 6.08 Å². The molecular weight excluding hydrogens is 182 g/mol. The molecule has 1 aliphatic carbocycles. The van der Waals surface area contributed by atoms with Gasteiger partial charge in [-0.25, -0.2) is 0 Å². The minimum absolute atomic E-state index is 0.532. The fourth-order valence-corrected chi connectivity index (χ4v) is 2.36. The molecule has 76 valence electrons. The van der Waals surface area contributed by atoms with E-state index in [2.05, 4.69) is 48.7 Å². The van der Waals surface area contributed by atoms with E-state index in [1.807, 2.05) is 0 Å². The normalized spacial score (nSPS) is 22.5. The predicted molar refractivity (Wildman–Crippen MR) is 64.9 cm³/mol. The molecule has 0 spiro atoms. The molecule has 1 nitrogen and oxygen atoms in total. The lowest BCUT2D eigenvalue weighted by Gasteiger charge is -2.29. The molecule has 0 saturated heterocycles. The van der Waals surface area contributed by atoms with Crippen molar-refractivity contribution in [1.29, 1.82) is 0 Å². The second-order valence-corrected chi connectivity index (χ2v) is 4.41. The van der Waals surface area contributed by atoms with Crippen molar-refractivity contribution < 1.29 is 0 Å². The maximum absolute atomic E-state index is 3.62. The summed E-state index contributed by atoms with van der Waals surface area (Å²) in [5.41, 5.74) is 5.36.